The summed E-state index contributed by atoms with van der Waals surface area (Å²) in [5.41, 5.74) is 1.25. The van der Waals surface area contributed by atoms with Gasteiger partial charge in [-0.05, 0) is 31.7 Å². The molecule has 88 valence electrons. The molecule has 1 saturated carbocycles. The van der Waals surface area contributed by atoms with Crippen LogP contribution in [0.2, 0.25) is 0 Å². The Morgan fingerprint density at radius 2 is 2.00 bits per heavy atom. The van der Waals surface area contributed by atoms with Crippen molar-refractivity contribution in [3.05, 3.63) is 29.8 Å². The Morgan fingerprint density at radius 1 is 1.31 bits per heavy atom. The maximum absolute atomic E-state index is 5.38. The van der Waals surface area contributed by atoms with E-state index >= 15 is 0 Å². The zero-order valence-corrected chi connectivity index (χ0v) is 10.4. The molecule has 0 aromatic heterocycles. The third kappa shape index (κ3) is 2.38. The molecule has 1 aromatic rings. The normalized spacial score (nSPS) is 25.9. The van der Waals surface area contributed by atoms with Gasteiger partial charge in [-0.25, -0.2) is 0 Å². The molecule has 1 aromatic carbocycles. The zero-order chi connectivity index (χ0) is 11.5. The summed E-state index contributed by atoms with van der Waals surface area (Å²) in [6, 6.07) is 9.30. The molecule has 0 amide bonds. The fourth-order valence-corrected chi connectivity index (χ4v) is 2.51. The lowest BCUT2D eigenvalue weighted by molar-refractivity contribution is 0.225. The summed E-state index contributed by atoms with van der Waals surface area (Å²) in [5.74, 6) is 1.87. The number of hydrogen-bond donors (Lipinski definition) is 1. The largest absolute Gasteiger partial charge is 0.496 e. The lowest BCUT2D eigenvalue weighted by Crippen LogP contribution is -2.41. The molecule has 2 nitrogen and oxygen atoms in total. The molecule has 1 N–H and O–H groups in total. The number of nitrogens with one attached hydrogen (secondary N) is 1. The van der Waals surface area contributed by atoms with E-state index in [1.165, 1.54) is 18.4 Å². The van der Waals surface area contributed by atoms with Crippen LogP contribution in [0.5, 0.6) is 5.75 Å². The molecule has 16 heavy (non-hydrogen) atoms. The predicted molar refractivity (Wildman–Crippen MR) is 66.7 cm³/mol. The molecule has 1 fully saturated rings. The summed E-state index contributed by atoms with van der Waals surface area (Å²) in [6.45, 7) is 4.52. The van der Waals surface area contributed by atoms with E-state index in [1.807, 2.05) is 12.1 Å². The van der Waals surface area contributed by atoms with Crippen LogP contribution in [0.1, 0.15) is 38.3 Å². The smallest absolute Gasteiger partial charge is 0.123 e. The van der Waals surface area contributed by atoms with Crippen LogP contribution >= 0.6 is 0 Å². The molecule has 1 atom stereocenters. The van der Waals surface area contributed by atoms with E-state index in [-0.39, 0.29) is 0 Å². The highest BCUT2D eigenvalue weighted by Gasteiger charge is 2.26. The van der Waals surface area contributed by atoms with Crippen molar-refractivity contribution >= 4 is 0 Å². The molecule has 0 saturated heterocycles. The van der Waals surface area contributed by atoms with Gasteiger partial charge >= 0.3 is 0 Å². The van der Waals surface area contributed by atoms with Gasteiger partial charge in [0.1, 0.15) is 5.75 Å². The van der Waals surface area contributed by atoms with Gasteiger partial charge in [0.2, 0.25) is 0 Å². The minimum absolute atomic E-state index is 0.369. The molecule has 0 heterocycles. The van der Waals surface area contributed by atoms with E-state index in [9.17, 15) is 0 Å². The number of para-hydroxylation sites is 1. The van der Waals surface area contributed by atoms with Crippen molar-refractivity contribution in [1.82, 2.24) is 5.32 Å². The van der Waals surface area contributed by atoms with Gasteiger partial charge in [-0.1, -0.05) is 25.1 Å². The second-order valence-corrected chi connectivity index (χ2v) is 4.90. The van der Waals surface area contributed by atoms with Crippen molar-refractivity contribution in [2.75, 3.05) is 7.11 Å². The predicted octanol–water partition coefficient (Wildman–Crippen LogP) is 3.14. The van der Waals surface area contributed by atoms with Gasteiger partial charge in [0.15, 0.2) is 0 Å². The van der Waals surface area contributed by atoms with E-state index < -0.39 is 0 Å². The van der Waals surface area contributed by atoms with Crippen LogP contribution in [-0.2, 0) is 0 Å². The fraction of sp³-hybridized carbons (Fsp3) is 0.571. The SMILES string of the molecule is COc1ccccc1C(C)NC1CC(C)C1. The number of hydrogen-bond acceptors (Lipinski definition) is 2. The second kappa shape index (κ2) is 4.88. The first-order valence-electron chi connectivity index (χ1n) is 6.09. The van der Waals surface area contributed by atoms with Crippen molar-refractivity contribution in [3.8, 4) is 5.75 Å². The molecule has 2 heteroatoms. The Balaban J connectivity index is 1.99. The molecule has 1 aliphatic rings. The highest BCUT2D eigenvalue weighted by molar-refractivity contribution is 5.35. The summed E-state index contributed by atoms with van der Waals surface area (Å²) in [5, 5.41) is 3.66. The average molecular weight is 219 g/mol. The Hall–Kier alpha value is -1.02. The molecule has 0 aliphatic heterocycles. The van der Waals surface area contributed by atoms with Gasteiger partial charge in [0, 0.05) is 17.6 Å². The standard InChI is InChI=1S/C14H21NO/c1-10-8-12(9-10)15-11(2)13-6-4-5-7-14(13)16-3/h4-7,10-12,15H,8-9H2,1-3H3. The highest BCUT2D eigenvalue weighted by atomic mass is 16.5. The number of methoxy groups -OCH3 is 1. The van der Waals surface area contributed by atoms with Gasteiger partial charge in [0.25, 0.3) is 0 Å². The Labute approximate surface area is 98.0 Å². The van der Waals surface area contributed by atoms with E-state index in [2.05, 4.69) is 31.3 Å². The van der Waals surface area contributed by atoms with Crippen LogP contribution in [0, 0.1) is 5.92 Å². The van der Waals surface area contributed by atoms with Gasteiger partial charge < -0.3 is 10.1 Å². The van der Waals surface area contributed by atoms with E-state index in [0.29, 0.717) is 12.1 Å². The van der Waals surface area contributed by atoms with Crippen molar-refractivity contribution in [1.29, 1.82) is 0 Å². The van der Waals surface area contributed by atoms with Crippen LogP contribution in [0.3, 0.4) is 0 Å². The number of ether oxygens (including phenoxy) is 1. The minimum atomic E-state index is 0.369. The fourth-order valence-electron chi connectivity index (χ4n) is 2.51. The summed E-state index contributed by atoms with van der Waals surface area (Å²) in [7, 11) is 1.73. The van der Waals surface area contributed by atoms with Crippen LogP contribution in [-0.4, -0.2) is 13.2 Å². The molecular weight excluding hydrogens is 198 g/mol. The third-order valence-electron chi connectivity index (χ3n) is 3.46. The molecule has 0 radical (unpaired) electrons. The maximum Gasteiger partial charge on any atom is 0.123 e. The average Bonchev–Trinajstić information content (AvgIpc) is 2.27. The van der Waals surface area contributed by atoms with Crippen LogP contribution in [0.15, 0.2) is 24.3 Å². The van der Waals surface area contributed by atoms with Crippen LogP contribution < -0.4 is 10.1 Å². The zero-order valence-electron chi connectivity index (χ0n) is 10.4. The van der Waals surface area contributed by atoms with E-state index in [4.69, 9.17) is 4.74 Å². The number of benzene rings is 1. The molecular formula is C14H21NO. The maximum atomic E-state index is 5.38. The Kier molecular flexibility index (Phi) is 3.49. The Morgan fingerprint density at radius 3 is 2.62 bits per heavy atom. The van der Waals surface area contributed by atoms with E-state index in [1.54, 1.807) is 7.11 Å². The van der Waals surface area contributed by atoms with Crippen molar-refractivity contribution < 1.29 is 4.74 Å². The summed E-state index contributed by atoms with van der Waals surface area (Å²) in [4.78, 5) is 0. The van der Waals surface area contributed by atoms with Gasteiger partial charge in [-0.2, -0.15) is 0 Å². The van der Waals surface area contributed by atoms with Crippen molar-refractivity contribution in [2.45, 2.75) is 38.8 Å². The van der Waals surface area contributed by atoms with Gasteiger partial charge in [-0.15, -0.1) is 0 Å². The first-order chi connectivity index (χ1) is 7.70. The summed E-state index contributed by atoms with van der Waals surface area (Å²) < 4.78 is 5.38. The van der Waals surface area contributed by atoms with Crippen molar-refractivity contribution in [3.63, 3.8) is 0 Å². The van der Waals surface area contributed by atoms with Gasteiger partial charge in [-0.3, -0.25) is 0 Å². The first kappa shape index (κ1) is 11.5. The van der Waals surface area contributed by atoms with Crippen LogP contribution in [0.25, 0.3) is 0 Å². The van der Waals surface area contributed by atoms with Gasteiger partial charge in [0.05, 0.1) is 7.11 Å². The minimum Gasteiger partial charge on any atom is -0.496 e. The van der Waals surface area contributed by atoms with Crippen LogP contribution in [0.4, 0.5) is 0 Å². The third-order valence-corrected chi connectivity index (χ3v) is 3.46. The molecule has 2 rings (SSSR count). The molecule has 0 bridgehead atoms. The quantitative estimate of drug-likeness (QED) is 0.840. The van der Waals surface area contributed by atoms with E-state index in [0.717, 1.165) is 11.7 Å². The summed E-state index contributed by atoms with van der Waals surface area (Å²) in [6.07, 6.45) is 2.61. The molecule has 0 spiro atoms. The lowest BCUT2D eigenvalue weighted by Gasteiger charge is -2.36. The number of rotatable bonds is 4. The summed E-state index contributed by atoms with van der Waals surface area (Å²) >= 11 is 0. The first-order valence-corrected chi connectivity index (χ1v) is 6.09. The lowest BCUT2D eigenvalue weighted by atomic mass is 9.81. The monoisotopic (exact) mass is 219 g/mol. The topological polar surface area (TPSA) is 21.3 Å². The highest BCUT2D eigenvalue weighted by Crippen LogP contribution is 2.30. The molecule has 1 unspecified atom stereocenters. The Bertz CT molecular complexity index is 344. The second-order valence-electron chi connectivity index (χ2n) is 4.90. The van der Waals surface area contributed by atoms with Crippen molar-refractivity contribution in [2.24, 2.45) is 5.92 Å². The molecule has 1 aliphatic carbocycles.